The summed E-state index contributed by atoms with van der Waals surface area (Å²) in [4.78, 5) is 16.0. The van der Waals surface area contributed by atoms with E-state index in [9.17, 15) is 9.90 Å². The second-order valence-corrected chi connectivity index (χ2v) is 5.89. The fraction of sp³-hybridized carbons (Fsp3) is 0.923. The van der Waals surface area contributed by atoms with Gasteiger partial charge in [-0.2, -0.15) is 0 Å². The summed E-state index contributed by atoms with van der Waals surface area (Å²) in [6.07, 6.45) is 3.18. The van der Waals surface area contributed by atoms with Crippen molar-refractivity contribution in [2.75, 3.05) is 20.1 Å². The average molecular weight is 255 g/mol. The maximum Gasteiger partial charge on any atom is 0.317 e. The zero-order valence-corrected chi connectivity index (χ0v) is 11.6. The molecule has 2 fully saturated rings. The van der Waals surface area contributed by atoms with E-state index in [0.29, 0.717) is 12.6 Å². The lowest BCUT2D eigenvalue weighted by molar-refractivity contribution is 0.142. The van der Waals surface area contributed by atoms with Crippen LogP contribution in [0.25, 0.3) is 0 Å². The normalized spacial score (nSPS) is 30.2. The molecule has 0 radical (unpaired) electrons. The molecule has 2 N–H and O–H groups in total. The van der Waals surface area contributed by atoms with Gasteiger partial charge in [-0.25, -0.2) is 4.79 Å². The van der Waals surface area contributed by atoms with Crippen LogP contribution in [0, 0.1) is 0 Å². The number of aliphatic hydroxyl groups excluding tert-OH is 1. The number of hydrogen-bond donors (Lipinski definition) is 2. The predicted molar refractivity (Wildman–Crippen MR) is 70.4 cm³/mol. The van der Waals surface area contributed by atoms with E-state index in [2.05, 4.69) is 17.1 Å². The first-order valence-corrected chi connectivity index (χ1v) is 6.92. The van der Waals surface area contributed by atoms with Crippen molar-refractivity contribution >= 4 is 6.03 Å². The van der Waals surface area contributed by atoms with Crippen LogP contribution in [-0.4, -0.2) is 65.3 Å². The summed E-state index contributed by atoms with van der Waals surface area (Å²) in [7, 11) is 1.72. The summed E-state index contributed by atoms with van der Waals surface area (Å²) in [5, 5.41) is 12.3. The molecule has 1 aliphatic heterocycles. The second-order valence-electron chi connectivity index (χ2n) is 5.89. The molecule has 5 nitrogen and oxygen atoms in total. The highest BCUT2D eigenvalue weighted by Crippen LogP contribution is 2.33. The van der Waals surface area contributed by atoms with Crippen molar-refractivity contribution in [3.05, 3.63) is 0 Å². The van der Waals surface area contributed by atoms with Crippen LogP contribution in [0.4, 0.5) is 4.79 Å². The van der Waals surface area contributed by atoms with Crippen molar-refractivity contribution in [2.45, 2.75) is 57.3 Å². The van der Waals surface area contributed by atoms with Gasteiger partial charge in [-0.15, -0.1) is 0 Å². The van der Waals surface area contributed by atoms with E-state index in [0.717, 1.165) is 19.0 Å². The molecule has 18 heavy (non-hydrogen) atoms. The number of rotatable bonds is 4. The summed E-state index contributed by atoms with van der Waals surface area (Å²) in [6.45, 7) is 5.28. The predicted octanol–water partition coefficient (Wildman–Crippen LogP) is 0.634. The Balaban J connectivity index is 1.77. The van der Waals surface area contributed by atoms with Crippen molar-refractivity contribution in [1.29, 1.82) is 0 Å². The van der Waals surface area contributed by atoms with Gasteiger partial charge in [-0.3, -0.25) is 4.90 Å². The molecule has 1 heterocycles. The molecule has 0 aromatic heterocycles. The number of hydrogen-bond acceptors (Lipinski definition) is 3. The van der Waals surface area contributed by atoms with Gasteiger partial charge in [0.1, 0.15) is 0 Å². The van der Waals surface area contributed by atoms with Crippen LogP contribution >= 0.6 is 0 Å². The Kier molecular flexibility index (Phi) is 4.12. The number of nitrogens with one attached hydrogen (secondary N) is 1. The van der Waals surface area contributed by atoms with Crippen LogP contribution in [0.3, 0.4) is 0 Å². The third kappa shape index (κ3) is 3.36. The Bertz CT molecular complexity index is 305. The summed E-state index contributed by atoms with van der Waals surface area (Å²) < 4.78 is 0. The number of nitrogens with zero attached hydrogens (tertiary/aromatic N) is 2. The Hall–Kier alpha value is -0.810. The minimum Gasteiger partial charge on any atom is -0.392 e. The zero-order chi connectivity index (χ0) is 13.3. The maximum absolute atomic E-state index is 11.9. The lowest BCUT2D eigenvalue weighted by atomic mass is 10.2. The zero-order valence-electron chi connectivity index (χ0n) is 11.6. The molecule has 1 saturated heterocycles. The number of carbonyl (C=O) groups excluding carboxylic acids is 1. The highest BCUT2D eigenvalue weighted by Gasteiger charge is 2.39. The van der Waals surface area contributed by atoms with E-state index in [1.807, 2.05) is 0 Å². The minimum absolute atomic E-state index is 0.0780. The number of urea groups is 1. The van der Waals surface area contributed by atoms with Crippen molar-refractivity contribution in [2.24, 2.45) is 0 Å². The standard InChI is InChI=1S/C13H25N3O2/c1-9-6-11(8-16(9)12-4-5-12)14-13(18)15(3)7-10(2)17/h9-12,17H,4-8H2,1-3H3,(H,14,18). The monoisotopic (exact) mass is 255 g/mol. The van der Waals surface area contributed by atoms with Crippen molar-refractivity contribution < 1.29 is 9.90 Å². The van der Waals surface area contributed by atoms with Gasteiger partial charge in [0.25, 0.3) is 0 Å². The number of aliphatic hydroxyl groups is 1. The van der Waals surface area contributed by atoms with E-state index in [1.165, 1.54) is 12.8 Å². The lowest BCUT2D eigenvalue weighted by Gasteiger charge is -2.22. The van der Waals surface area contributed by atoms with Gasteiger partial charge in [0.2, 0.25) is 0 Å². The Labute approximate surface area is 109 Å². The number of carbonyl (C=O) groups is 1. The van der Waals surface area contributed by atoms with Gasteiger partial charge in [-0.05, 0) is 33.1 Å². The smallest absolute Gasteiger partial charge is 0.317 e. The molecule has 0 aromatic rings. The molecule has 3 atom stereocenters. The van der Waals surface area contributed by atoms with Gasteiger partial charge < -0.3 is 15.3 Å². The molecule has 3 unspecified atom stereocenters. The summed E-state index contributed by atoms with van der Waals surface area (Å²) in [5.74, 6) is 0. The molecule has 2 rings (SSSR count). The molecule has 1 aliphatic carbocycles. The minimum atomic E-state index is -0.480. The van der Waals surface area contributed by atoms with E-state index in [1.54, 1.807) is 18.9 Å². The molecular weight excluding hydrogens is 230 g/mol. The van der Waals surface area contributed by atoms with E-state index in [4.69, 9.17) is 0 Å². The highest BCUT2D eigenvalue weighted by molar-refractivity contribution is 5.74. The first-order valence-electron chi connectivity index (χ1n) is 6.92. The quantitative estimate of drug-likeness (QED) is 0.775. The van der Waals surface area contributed by atoms with Gasteiger partial charge in [0.15, 0.2) is 0 Å². The van der Waals surface area contributed by atoms with Crippen LogP contribution in [0.5, 0.6) is 0 Å². The van der Waals surface area contributed by atoms with Crippen molar-refractivity contribution in [3.63, 3.8) is 0 Å². The summed E-state index contributed by atoms with van der Waals surface area (Å²) in [5.41, 5.74) is 0. The third-order valence-electron chi connectivity index (χ3n) is 3.85. The van der Waals surface area contributed by atoms with Crippen LogP contribution in [0.2, 0.25) is 0 Å². The molecule has 0 spiro atoms. The van der Waals surface area contributed by atoms with Crippen molar-refractivity contribution in [3.8, 4) is 0 Å². The van der Waals surface area contributed by atoms with Crippen LogP contribution in [0.1, 0.15) is 33.1 Å². The Morgan fingerprint density at radius 3 is 2.78 bits per heavy atom. The summed E-state index contributed by atoms with van der Waals surface area (Å²) in [6, 6.07) is 1.51. The van der Waals surface area contributed by atoms with Crippen LogP contribution in [0.15, 0.2) is 0 Å². The summed E-state index contributed by atoms with van der Waals surface area (Å²) >= 11 is 0. The fourth-order valence-corrected chi connectivity index (χ4v) is 2.84. The average Bonchev–Trinajstić information content (AvgIpc) is 3.03. The first-order chi connectivity index (χ1) is 8.47. The Morgan fingerprint density at radius 1 is 1.56 bits per heavy atom. The van der Waals surface area contributed by atoms with Gasteiger partial charge >= 0.3 is 6.03 Å². The first kappa shape index (κ1) is 13.6. The lowest BCUT2D eigenvalue weighted by Crippen LogP contribution is -2.46. The van der Waals surface area contributed by atoms with Crippen LogP contribution in [-0.2, 0) is 0 Å². The number of likely N-dealkylation sites (tertiary alicyclic amines) is 1. The van der Waals surface area contributed by atoms with Gasteiger partial charge in [0.05, 0.1) is 6.10 Å². The van der Waals surface area contributed by atoms with E-state index < -0.39 is 6.10 Å². The molecular formula is C13H25N3O2. The van der Waals surface area contributed by atoms with Crippen molar-refractivity contribution in [1.82, 2.24) is 15.1 Å². The fourth-order valence-electron chi connectivity index (χ4n) is 2.84. The molecule has 0 bridgehead atoms. The van der Waals surface area contributed by atoms with E-state index >= 15 is 0 Å². The van der Waals surface area contributed by atoms with Crippen LogP contribution < -0.4 is 5.32 Å². The second kappa shape index (κ2) is 5.45. The van der Waals surface area contributed by atoms with E-state index in [-0.39, 0.29) is 12.1 Å². The van der Waals surface area contributed by atoms with Gasteiger partial charge in [-0.1, -0.05) is 0 Å². The molecule has 2 amide bonds. The topological polar surface area (TPSA) is 55.8 Å². The Morgan fingerprint density at radius 2 is 2.22 bits per heavy atom. The molecule has 5 heteroatoms. The third-order valence-corrected chi connectivity index (χ3v) is 3.85. The van der Waals surface area contributed by atoms with Gasteiger partial charge in [0, 0.05) is 38.3 Å². The SMILES string of the molecule is CC(O)CN(C)C(=O)NC1CC(C)N(C2CC2)C1. The largest absolute Gasteiger partial charge is 0.392 e. The number of likely N-dealkylation sites (N-methyl/N-ethyl adjacent to an activating group) is 1. The molecule has 104 valence electrons. The molecule has 0 aromatic carbocycles. The maximum atomic E-state index is 11.9. The highest BCUT2D eigenvalue weighted by atomic mass is 16.3. The number of amides is 2. The molecule has 2 aliphatic rings. The molecule has 1 saturated carbocycles.